The van der Waals surface area contributed by atoms with E-state index < -0.39 is 5.97 Å². The molecule has 0 fully saturated rings. The Hall–Kier alpha value is -1.40. The van der Waals surface area contributed by atoms with Crippen LogP contribution in [0.1, 0.15) is 15.9 Å². The van der Waals surface area contributed by atoms with Crippen LogP contribution in [0.3, 0.4) is 0 Å². The van der Waals surface area contributed by atoms with Crippen LogP contribution in [0.4, 0.5) is 4.39 Å². The van der Waals surface area contributed by atoms with Gasteiger partial charge in [-0.25, -0.2) is 9.18 Å². The highest BCUT2D eigenvalue weighted by Gasteiger charge is 2.13. The maximum absolute atomic E-state index is 13.4. The third-order valence-corrected chi connectivity index (χ3v) is 3.97. The van der Waals surface area contributed by atoms with Gasteiger partial charge in [-0.05, 0) is 40.2 Å². The summed E-state index contributed by atoms with van der Waals surface area (Å²) in [5.74, 6) is -1.24. The fraction of sp³-hybridized carbons (Fsp3) is 0.0714. The van der Waals surface area contributed by atoms with Crippen molar-refractivity contribution in [3.63, 3.8) is 0 Å². The molecule has 0 spiro atoms. The lowest BCUT2D eigenvalue weighted by Gasteiger charge is -2.11. The molecule has 6 heteroatoms. The topological polar surface area (TPSA) is 46.5 Å². The fourth-order valence-corrected chi connectivity index (χ4v) is 2.35. The predicted molar refractivity (Wildman–Crippen MR) is 79.5 cm³/mol. The van der Waals surface area contributed by atoms with Gasteiger partial charge in [-0.1, -0.05) is 28.1 Å². The molecule has 3 nitrogen and oxygen atoms in total. The number of carbonyl (C=O) groups is 1. The van der Waals surface area contributed by atoms with Gasteiger partial charge < -0.3 is 9.84 Å². The number of aromatic carboxylic acids is 1. The SMILES string of the molecule is O=C(O)c1cc(Br)ccc1OCc1cccc(F)c1Br. The lowest BCUT2D eigenvalue weighted by atomic mass is 10.2. The lowest BCUT2D eigenvalue weighted by molar-refractivity contribution is 0.0691. The minimum atomic E-state index is -1.08. The maximum atomic E-state index is 13.4. The van der Waals surface area contributed by atoms with Crippen LogP contribution in [-0.2, 0) is 6.61 Å². The first kappa shape index (κ1) is 15.0. The minimum Gasteiger partial charge on any atom is -0.488 e. The van der Waals surface area contributed by atoms with Crippen molar-refractivity contribution in [3.8, 4) is 5.75 Å². The molecule has 2 aromatic rings. The quantitative estimate of drug-likeness (QED) is 0.809. The molecule has 0 aliphatic rings. The molecule has 0 unspecified atom stereocenters. The van der Waals surface area contributed by atoms with E-state index in [2.05, 4.69) is 31.9 Å². The Kier molecular flexibility index (Phi) is 4.77. The number of hydrogen-bond acceptors (Lipinski definition) is 2. The molecule has 0 aliphatic carbocycles. The molecule has 0 amide bonds. The number of carboxylic acid groups (broad SMARTS) is 1. The molecule has 104 valence electrons. The van der Waals surface area contributed by atoms with E-state index in [-0.39, 0.29) is 23.7 Å². The first-order chi connectivity index (χ1) is 9.49. The molecule has 0 bridgehead atoms. The van der Waals surface area contributed by atoms with Crippen LogP contribution in [0.25, 0.3) is 0 Å². The predicted octanol–water partition coefficient (Wildman–Crippen LogP) is 4.63. The number of benzene rings is 2. The minimum absolute atomic E-state index is 0.0481. The van der Waals surface area contributed by atoms with Crippen molar-refractivity contribution in [1.82, 2.24) is 0 Å². The van der Waals surface area contributed by atoms with Crippen molar-refractivity contribution in [1.29, 1.82) is 0 Å². The average molecular weight is 404 g/mol. The van der Waals surface area contributed by atoms with Crippen LogP contribution < -0.4 is 4.74 Å². The summed E-state index contributed by atoms with van der Waals surface area (Å²) < 4.78 is 19.8. The molecule has 1 N–H and O–H groups in total. The monoisotopic (exact) mass is 402 g/mol. The number of carboxylic acids is 1. The second kappa shape index (κ2) is 6.37. The normalized spacial score (nSPS) is 10.3. The summed E-state index contributed by atoms with van der Waals surface area (Å²) in [6.45, 7) is 0.0697. The molecule has 2 rings (SSSR count). The second-order valence-electron chi connectivity index (χ2n) is 3.95. The maximum Gasteiger partial charge on any atom is 0.339 e. The summed E-state index contributed by atoms with van der Waals surface area (Å²) in [5, 5.41) is 9.12. The Labute approximate surface area is 131 Å². The Morgan fingerprint density at radius 3 is 2.70 bits per heavy atom. The van der Waals surface area contributed by atoms with Crippen LogP contribution in [0, 0.1) is 5.82 Å². The smallest absolute Gasteiger partial charge is 0.339 e. The molecule has 2 aromatic carbocycles. The van der Waals surface area contributed by atoms with Gasteiger partial charge in [0.05, 0.1) is 4.47 Å². The van der Waals surface area contributed by atoms with Crippen molar-refractivity contribution < 1.29 is 19.0 Å². The number of ether oxygens (including phenoxy) is 1. The lowest BCUT2D eigenvalue weighted by Crippen LogP contribution is -2.04. The molecule has 0 saturated carbocycles. The molecule has 0 saturated heterocycles. The van der Waals surface area contributed by atoms with Crippen LogP contribution in [0.2, 0.25) is 0 Å². The summed E-state index contributed by atoms with van der Waals surface area (Å²) >= 11 is 6.34. The highest BCUT2D eigenvalue weighted by molar-refractivity contribution is 9.10. The summed E-state index contributed by atoms with van der Waals surface area (Å²) in [4.78, 5) is 11.1. The third-order valence-electron chi connectivity index (χ3n) is 2.59. The van der Waals surface area contributed by atoms with E-state index in [9.17, 15) is 9.18 Å². The second-order valence-corrected chi connectivity index (χ2v) is 5.66. The Bertz CT molecular complexity index is 659. The van der Waals surface area contributed by atoms with E-state index in [0.717, 1.165) is 0 Å². The fourth-order valence-electron chi connectivity index (χ4n) is 1.61. The Balaban J connectivity index is 2.23. The molecule has 0 atom stereocenters. The van der Waals surface area contributed by atoms with E-state index >= 15 is 0 Å². The summed E-state index contributed by atoms with van der Waals surface area (Å²) in [5.41, 5.74) is 0.649. The molecular formula is C14H9Br2FO3. The van der Waals surface area contributed by atoms with Crippen LogP contribution >= 0.6 is 31.9 Å². The number of halogens is 3. The largest absolute Gasteiger partial charge is 0.488 e. The Morgan fingerprint density at radius 2 is 2.00 bits per heavy atom. The van der Waals surface area contributed by atoms with Crippen molar-refractivity contribution in [3.05, 3.63) is 62.3 Å². The number of hydrogen-bond donors (Lipinski definition) is 1. The van der Waals surface area contributed by atoms with E-state index in [4.69, 9.17) is 9.84 Å². The highest BCUT2D eigenvalue weighted by Crippen LogP contribution is 2.26. The molecule has 0 heterocycles. The van der Waals surface area contributed by atoms with Crippen molar-refractivity contribution in [2.75, 3.05) is 0 Å². The molecular weight excluding hydrogens is 395 g/mol. The third kappa shape index (κ3) is 3.37. The van der Waals surface area contributed by atoms with Crippen LogP contribution in [-0.4, -0.2) is 11.1 Å². The zero-order valence-electron chi connectivity index (χ0n) is 10.1. The van der Waals surface area contributed by atoms with E-state index in [1.54, 1.807) is 24.3 Å². The molecule has 0 aliphatic heterocycles. The highest BCUT2D eigenvalue weighted by atomic mass is 79.9. The van der Waals surface area contributed by atoms with E-state index in [0.29, 0.717) is 14.5 Å². The van der Waals surface area contributed by atoms with Gasteiger partial charge in [0.15, 0.2) is 0 Å². The summed E-state index contributed by atoms with van der Waals surface area (Å²) in [6, 6.07) is 9.29. The van der Waals surface area contributed by atoms with Gasteiger partial charge in [0.2, 0.25) is 0 Å². The van der Waals surface area contributed by atoms with Gasteiger partial charge in [-0.3, -0.25) is 0 Å². The average Bonchev–Trinajstić information content (AvgIpc) is 2.41. The van der Waals surface area contributed by atoms with Gasteiger partial charge in [0, 0.05) is 10.0 Å². The standard InChI is InChI=1S/C14H9Br2FO3/c15-9-4-5-12(10(6-9)14(18)19)20-7-8-2-1-3-11(17)13(8)16/h1-6H,7H2,(H,18,19). The zero-order valence-corrected chi connectivity index (χ0v) is 13.2. The van der Waals surface area contributed by atoms with Crippen LogP contribution in [0.15, 0.2) is 45.3 Å². The van der Waals surface area contributed by atoms with Gasteiger partial charge in [0.1, 0.15) is 23.7 Å². The van der Waals surface area contributed by atoms with E-state index in [1.807, 2.05) is 0 Å². The van der Waals surface area contributed by atoms with Crippen molar-refractivity contribution in [2.45, 2.75) is 6.61 Å². The Morgan fingerprint density at radius 1 is 1.25 bits per heavy atom. The van der Waals surface area contributed by atoms with Crippen molar-refractivity contribution >= 4 is 37.8 Å². The number of rotatable bonds is 4. The molecule has 0 radical (unpaired) electrons. The zero-order chi connectivity index (χ0) is 14.7. The molecule has 20 heavy (non-hydrogen) atoms. The summed E-state index contributed by atoms with van der Waals surface area (Å²) in [7, 11) is 0. The molecule has 0 aromatic heterocycles. The van der Waals surface area contributed by atoms with Crippen molar-refractivity contribution in [2.24, 2.45) is 0 Å². The van der Waals surface area contributed by atoms with Crippen LogP contribution in [0.5, 0.6) is 5.75 Å². The first-order valence-corrected chi connectivity index (χ1v) is 7.16. The van der Waals surface area contributed by atoms with E-state index in [1.165, 1.54) is 12.1 Å². The van der Waals surface area contributed by atoms with Gasteiger partial charge in [-0.15, -0.1) is 0 Å². The first-order valence-electron chi connectivity index (χ1n) is 5.57. The van der Waals surface area contributed by atoms with Gasteiger partial charge >= 0.3 is 5.97 Å². The van der Waals surface area contributed by atoms with Gasteiger partial charge in [0.25, 0.3) is 0 Å². The van der Waals surface area contributed by atoms with Gasteiger partial charge in [-0.2, -0.15) is 0 Å². The summed E-state index contributed by atoms with van der Waals surface area (Å²) in [6.07, 6.45) is 0.